The minimum Gasteiger partial charge on any atom is -0.351 e. The molecule has 5 nitrogen and oxygen atoms in total. The Morgan fingerprint density at radius 2 is 1.50 bits per heavy atom. The van der Waals surface area contributed by atoms with Gasteiger partial charge in [-0.2, -0.15) is 4.31 Å². The van der Waals surface area contributed by atoms with E-state index in [9.17, 15) is 13.2 Å². The van der Waals surface area contributed by atoms with E-state index >= 15 is 0 Å². The molecule has 0 saturated carbocycles. The second kappa shape index (κ2) is 11.0. The van der Waals surface area contributed by atoms with Crippen LogP contribution < -0.4 is 5.32 Å². The van der Waals surface area contributed by atoms with Gasteiger partial charge in [-0.25, -0.2) is 8.42 Å². The van der Waals surface area contributed by atoms with Crippen molar-refractivity contribution in [2.45, 2.75) is 18.0 Å². The van der Waals surface area contributed by atoms with Crippen LogP contribution in [0.2, 0.25) is 15.1 Å². The predicted molar refractivity (Wildman–Crippen MR) is 131 cm³/mol. The third-order valence-corrected chi connectivity index (χ3v) is 7.84. The Bertz CT molecular complexity index is 1200. The number of hydrogen-bond acceptors (Lipinski definition) is 3. The van der Waals surface area contributed by atoms with Gasteiger partial charge < -0.3 is 5.32 Å². The van der Waals surface area contributed by atoms with E-state index < -0.39 is 15.9 Å². The Balaban J connectivity index is 1.81. The van der Waals surface area contributed by atoms with E-state index in [-0.39, 0.29) is 24.5 Å². The van der Waals surface area contributed by atoms with Gasteiger partial charge >= 0.3 is 0 Å². The maximum absolute atomic E-state index is 13.3. The normalized spacial score (nSPS) is 11.5. The number of amides is 1. The van der Waals surface area contributed by atoms with Gasteiger partial charge in [-0.3, -0.25) is 4.79 Å². The van der Waals surface area contributed by atoms with Crippen LogP contribution >= 0.6 is 50.7 Å². The van der Waals surface area contributed by atoms with Gasteiger partial charge in [0, 0.05) is 22.6 Å². The van der Waals surface area contributed by atoms with Crippen molar-refractivity contribution in [3.8, 4) is 0 Å². The molecule has 0 unspecified atom stereocenters. The Hall–Kier alpha value is -1.61. The molecule has 10 heteroatoms. The van der Waals surface area contributed by atoms with Crippen molar-refractivity contribution in [2.75, 3.05) is 6.54 Å². The summed E-state index contributed by atoms with van der Waals surface area (Å²) >= 11 is 21.2. The largest absolute Gasteiger partial charge is 0.351 e. The van der Waals surface area contributed by atoms with Crippen LogP contribution in [-0.4, -0.2) is 25.2 Å². The zero-order valence-electron chi connectivity index (χ0n) is 16.6. The van der Waals surface area contributed by atoms with Gasteiger partial charge in [-0.1, -0.05) is 68.9 Å². The molecule has 0 atom stereocenters. The van der Waals surface area contributed by atoms with Gasteiger partial charge in [0.05, 0.1) is 21.5 Å². The zero-order valence-corrected chi connectivity index (χ0v) is 21.2. The van der Waals surface area contributed by atoms with E-state index in [1.807, 2.05) is 0 Å². The van der Waals surface area contributed by atoms with Crippen LogP contribution in [-0.2, 0) is 27.9 Å². The first-order chi connectivity index (χ1) is 15.1. The van der Waals surface area contributed by atoms with Crippen LogP contribution in [0.15, 0.2) is 76.1 Å². The molecule has 1 N–H and O–H groups in total. The van der Waals surface area contributed by atoms with Crippen molar-refractivity contribution < 1.29 is 13.2 Å². The van der Waals surface area contributed by atoms with Crippen LogP contribution in [0, 0.1) is 0 Å². The second-order valence-electron chi connectivity index (χ2n) is 6.88. The number of halogens is 4. The third-order valence-electron chi connectivity index (χ3n) is 4.52. The van der Waals surface area contributed by atoms with Gasteiger partial charge in [0.15, 0.2) is 0 Å². The Labute approximate surface area is 210 Å². The van der Waals surface area contributed by atoms with Gasteiger partial charge in [-0.05, 0) is 59.7 Å². The van der Waals surface area contributed by atoms with E-state index in [0.29, 0.717) is 20.6 Å². The Morgan fingerprint density at radius 3 is 2.12 bits per heavy atom. The average Bonchev–Trinajstić information content (AvgIpc) is 2.76. The van der Waals surface area contributed by atoms with E-state index in [2.05, 4.69) is 21.2 Å². The van der Waals surface area contributed by atoms with Gasteiger partial charge in [0.1, 0.15) is 0 Å². The summed E-state index contributed by atoms with van der Waals surface area (Å²) in [5.74, 6) is -0.444. The highest BCUT2D eigenvalue weighted by Crippen LogP contribution is 2.25. The molecule has 0 bridgehead atoms. The molecule has 0 fully saturated rings. The maximum Gasteiger partial charge on any atom is 0.243 e. The first kappa shape index (κ1) is 25.0. The third kappa shape index (κ3) is 6.70. The van der Waals surface area contributed by atoms with Crippen molar-refractivity contribution in [1.82, 2.24) is 9.62 Å². The number of sulfonamides is 1. The second-order valence-corrected chi connectivity index (χ2v) is 11.0. The molecule has 3 aromatic carbocycles. The number of benzene rings is 3. The van der Waals surface area contributed by atoms with E-state index in [1.165, 1.54) is 12.1 Å². The lowest BCUT2D eigenvalue weighted by Gasteiger charge is -2.22. The van der Waals surface area contributed by atoms with Gasteiger partial charge in [-0.15, -0.1) is 0 Å². The van der Waals surface area contributed by atoms with Crippen molar-refractivity contribution >= 4 is 66.7 Å². The molecule has 0 spiro atoms. The first-order valence-corrected chi connectivity index (χ1v) is 12.7. The summed E-state index contributed by atoms with van der Waals surface area (Å²) in [6, 6.07) is 18.1. The number of carbonyl (C=O) groups is 1. The smallest absolute Gasteiger partial charge is 0.243 e. The topological polar surface area (TPSA) is 66.5 Å². The fourth-order valence-electron chi connectivity index (χ4n) is 2.84. The fraction of sp³-hybridized carbons (Fsp3) is 0.136. The summed E-state index contributed by atoms with van der Waals surface area (Å²) in [5.41, 5.74) is 1.44. The molecule has 3 rings (SSSR count). The predicted octanol–water partition coefficient (Wildman–Crippen LogP) is 5.92. The summed E-state index contributed by atoms with van der Waals surface area (Å²) in [4.78, 5) is 12.7. The standard InChI is InChI=1S/C22H18BrCl3N2O3S/c23-17-4-8-19(9-5-17)32(30,31)28(13-16-3-10-20(25)21(26)11-16)14-22(29)27-12-15-1-6-18(24)7-2-15/h1-11H,12-14H2,(H,27,29). The number of nitrogens with one attached hydrogen (secondary N) is 1. The fourth-order valence-corrected chi connectivity index (χ4v) is 4.94. The van der Waals surface area contributed by atoms with Crippen LogP contribution in [0.25, 0.3) is 0 Å². The lowest BCUT2D eigenvalue weighted by molar-refractivity contribution is -0.121. The van der Waals surface area contributed by atoms with E-state index in [1.54, 1.807) is 54.6 Å². The lowest BCUT2D eigenvalue weighted by atomic mass is 10.2. The number of hydrogen-bond donors (Lipinski definition) is 1. The molecule has 0 radical (unpaired) electrons. The van der Waals surface area contributed by atoms with Crippen LogP contribution in [0.3, 0.4) is 0 Å². The minimum absolute atomic E-state index is 0.0519. The van der Waals surface area contributed by atoms with E-state index in [0.717, 1.165) is 14.3 Å². The molecule has 0 saturated heterocycles. The minimum atomic E-state index is -3.96. The molecule has 0 aliphatic heterocycles. The highest BCUT2D eigenvalue weighted by atomic mass is 79.9. The zero-order chi connectivity index (χ0) is 23.3. The molecule has 0 aliphatic carbocycles. The highest BCUT2D eigenvalue weighted by molar-refractivity contribution is 9.10. The van der Waals surface area contributed by atoms with Crippen molar-refractivity contribution in [2.24, 2.45) is 0 Å². The summed E-state index contributed by atoms with van der Waals surface area (Å²) in [6.07, 6.45) is 0. The number of rotatable bonds is 8. The highest BCUT2D eigenvalue weighted by Gasteiger charge is 2.27. The number of carbonyl (C=O) groups excluding carboxylic acids is 1. The van der Waals surface area contributed by atoms with Crippen molar-refractivity contribution in [3.05, 3.63) is 97.4 Å². The molecule has 32 heavy (non-hydrogen) atoms. The summed E-state index contributed by atoms with van der Waals surface area (Å²) in [7, 11) is -3.96. The number of nitrogens with zero attached hydrogens (tertiary/aromatic N) is 1. The lowest BCUT2D eigenvalue weighted by Crippen LogP contribution is -2.40. The molecular formula is C22H18BrCl3N2O3S. The van der Waals surface area contributed by atoms with Crippen LogP contribution in [0.4, 0.5) is 0 Å². The van der Waals surface area contributed by atoms with E-state index in [4.69, 9.17) is 34.8 Å². The molecular weight excluding hydrogens is 559 g/mol. The average molecular weight is 577 g/mol. The molecule has 3 aromatic rings. The van der Waals surface area contributed by atoms with Crippen molar-refractivity contribution in [1.29, 1.82) is 0 Å². The first-order valence-electron chi connectivity index (χ1n) is 9.36. The summed E-state index contributed by atoms with van der Waals surface area (Å²) < 4.78 is 28.5. The maximum atomic E-state index is 13.3. The molecule has 1 amide bonds. The monoisotopic (exact) mass is 574 g/mol. The summed E-state index contributed by atoms with van der Waals surface area (Å²) in [6.45, 7) is -0.176. The van der Waals surface area contributed by atoms with Crippen LogP contribution in [0.1, 0.15) is 11.1 Å². The van der Waals surface area contributed by atoms with Gasteiger partial charge in [0.25, 0.3) is 0 Å². The Morgan fingerprint density at radius 1 is 0.875 bits per heavy atom. The molecule has 168 valence electrons. The Kier molecular flexibility index (Phi) is 8.61. The molecule has 0 aliphatic rings. The quantitative estimate of drug-likeness (QED) is 0.362. The molecule has 0 aromatic heterocycles. The van der Waals surface area contributed by atoms with Crippen molar-refractivity contribution in [3.63, 3.8) is 0 Å². The summed E-state index contributed by atoms with van der Waals surface area (Å²) in [5, 5.41) is 4.00. The van der Waals surface area contributed by atoms with Gasteiger partial charge in [0.2, 0.25) is 15.9 Å². The SMILES string of the molecule is O=C(CN(Cc1ccc(Cl)c(Cl)c1)S(=O)(=O)c1ccc(Br)cc1)NCc1ccc(Cl)cc1. The molecule has 0 heterocycles. The van der Waals surface area contributed by atoms with Crippen LogP contribution in [0.5, 0.6) is 0 Å².